The summed E-state index contributed by atoms with van der Waals surface area (Å²) in [5.41, 5.74) is 5.01. The summed E-state index contributed by atoms with van der Waals surface area (Å²) in [7, 11) is 1.42. The summed E-state index contributed by atoms with van der Waals surface area (Å²) in [5, 5.41) is 0. The first-order valence-corrected chi connectivity index (χ1v) is 5.01. The Morgan fingerprint density at radius 1 is 1.33 bits per heavy atom. The van der Waals surface area contributed by atoms with Crippen LogP contribution >= 0.6 is 0 Å². The number of ether oxygens (including phenoxy) is 1. The average molecular weight is 259 g/mol. The van der Waals surface area contributed by atoms with Crippen LogP contribution in [0.4, 0.5) is 13.2 Å². The van der Waals surface area contributed by atoms with Gasteiger partial charge < -0.3 is 10.5 Å². The molecule has 1 aromatic rings. The third-order valence-electron chi connectivity index (χ3n) is 2.12. The lowest BCUT2D eigenvalue weighted by molar-refractivity contribution is -0.137. The molecular weight excluding hydrogens is 247 g/mol. The van der Waals surface area contributed by atoms with Gasteiger partial charge in [0.2, 0.25) is 0 Å². The molecule has 0 heterocycles. The Hall–Kier alpha value is -1.82. The fraction of sp³-hybridized carbons (Fsp3) is 0.250. The summed E-state index contributed by atoms with van der Waals surface area (Å²) in [4.78, 5) is 11.6. The molecule has 1 rings (SSSR count). The summed E-state index contributed by atoms with van der Waals surface area (Å²) in [5.74, 6) is -0.460. The van der Waals surface area contributed by atoms with Gasteiger partial charge in [0.05, 0.1) is 12.2 Å². The van der Waals surface area contributed by atoms with Gasteiger partial charge >= 0.3 is 6.18 Å². The van der Waals surface area contributed by atoms with Crippen molar-refractivity contribution in [3.05, 3.63) is 47.2 Å². The van der Waals surface area contributed by atoms with Crippen molar-refractivity contribution in [3.63, 3.8) is 0 Å². The Morgan fingerprint density at radius 2 is 1.89 bits per heavy atom. The van der Waals surface area contributed by atoms with Crippen LogP contribution in [-0.4, -0.2) is 19.5 Å². The molecule has 0 saturated heterocycles. The van der Waals surface area contributed by atoms with E-state index in [0.29, 0.717) is 0 Å². The number of alkyl halides is 3. The lowest BCUT2D eigenvalue weighted by Crippen LogP contribution is -2.09. The molecular formula is C12H12F3NO2. The molecule has 0 amide bonds. The van der Waals surface area contributed by atoms with Crippen LogP contribution < -0.4 is 5.73 Å². The van der Waals surface area contributed by atoms with E-state index in [1.165, 1.54) is 7.11 Å². The van der Waals surface area contributed by atoms with Crippen molar-refractivity contribution in [1.29, 1.82) is 0 Å². The molecule has 0 unspecified atom stereocenters. The SMILES string of the molecule is COCC(N)=CC(=O)c1ccc(C(F)(F)F)cc1. The van der Waals surface area contributed by atoms with Gasteiger partial charge in [-0.05, 0) is 12.1 Å². The zero-order valence-electron chi connectivity index (χ0n) is 9.62. The number of ketones is 1. The number of benzene rings is 1. The fourth-order valence-corrected chi connectivity index (χ4v) is 1.28. The van der Waals surface area contributed by atoms with Gasteiger partial charge in [-0.2, -0.15) is 13.2 Å². The van der Waals surface area contributed by atoms with E-state index in [1.54, 1.807) is 0 Å². The third kappa shape index (κ3) is 3.89. The monoisotopic (exact) mass is 259 g/mol. The van der Waals surface area contributed by atoms with Crippen molar-refractivity contribution >= 4 is 5.78 Å². The molecule has 0 saturated carbocycles. The van der Waals surface area contributed by atoms with Crippen LogP contribution in [0.5, 0.6) is 0 Å². The Bertz CT molecular complexity index is 449. The molecule has 2 N–H and O–H groups in total. The largest absolute Gasteiger partial charge is 0.416 e. The van der Waals surface area contributed by atoms with Crippen molar-refractivity contribution in [3.8, 4) is 0 Å². The van der Waals surface area contributed by atoms with Crippen LogP contribution in [0.3, 0.4) is 0 Å². The average Bonchev–Trinajstić information content (AvgIpc) is 2.28. The number of carbonyl (C=O) groups is 1. The normalized spacial score (nSPS) is 12.6. The summed E-state index contributed by atoms with van der Waals surface area (Å²) in [6, 6.07) is 3.94. The number of methoxy groups -OCH3 is 1. The highest BCUT2D eigenvalue weighted by Gasteiger charge is 2.30. The molecule has 0 atom stereocenters. The van der Waals surface area contributed by atoms with Crippen LogP contribution in [0.1, 0.15) is 15.9 Å². The molecule has 98 valence electrons. The van der Waals surface area contributed by atoms with E-state index < -0.39 is 17.5 Å². The van der Waals surface area contributed by atoms with E-state index in [2.05, 4.69) is 0 Å². The van der Waals surface area contributed by atoms with Gasteiger partial charge in [0.1, 0.15) is 0 Å². The molecule has 0 radical (unpaired) electrons. The van der Waals surface area contributed by atoms with Crippen molar-refractivity contribution < 1.29 is 22.7 Å². The molecule has 0 aliphatic rings. The van der Waals surface area contributed by atoms with E-state index >= 15 is 0 Å². The highest BCUT2D eigenvalue weighted by Crippen LogP contribution is 2.29. The first-order valence-electron chi connectivity index (χ1n) is 5.01. The quantitative estimate of drug-likeness (QED) is 0.667. The lowest BCUT2D eigenvalue weighted by Gasteiger charge is -2.06. The molecule has 18 heavy (non-hydrogen) atoms. The molecule has 0 aliphatic carbocycles. The minimum Gasteiger partial charge on any atom is -0.400 e. The van der Waals surface area contributed by atoms with E-state index in [9.17, 15) is 18.0 Å². The second-order valence-electron chi connectivity index (χ2n) is 3.59. The van der Waals surface area contributed by atoms with Gasteiger partial charge in [-0.15, -0.1) is 0 Å². The minimum atomic E-state index is -4.41. The molecule has 3 nitrogen and oxygen atoms in total. The predicted octanol–water partition coefficient (Wildman–Crippen LogP) is 2.38. The number of hydrogen-bond donors (Lipinski definition) is 1. The number of nitrogens with two attached hydrogens (primary N) is 1. The Balaban J connectivity index is 2.86. The first kappa shape index (κ1) is 14.2. The highest BCUT2D eigenvalue weighted by molar-refractivity contribution is 6.04. The summed E-state index contributed by atoms with van der Waals surface area (Å²) < 4.78 is 41.6. The summed E-state index contributed by atoms with van der Waals surface area (Å²) in [6.45, 7) is 0.0897. The predicted molar refractivity (Wildman–Crippen MR) is 59.9 cm³/mol. The van der Waals surface area contributed by atoms with E-state index in [0.717, 1.165) is 30.3 Å². The highest BCUT2D eigenvalue weighted by atomic mass is 19.4. The van der Waals surface area contributed by atoms with Crippen LogP contribution in [0.2, 0.25) is 0 Å². The smallest absolute Gasteiger partial charge is 0.400 e. The Morgan fingerprint density at radius 3 is 2.33 bits per heavy atom. The number of rotatable bonds is 4. The van der Waals surface area contributed by atoms with Crippen molar-refractivity contribution in [2.24, 2.45) is 5.73 Å². The second-order valence-corrected chi connectivity index (χ2v) is 3.59. The van der Waals surface area contributed by atoms with E-state index in [1.807, 2.05) is 0 Å². The Kier molecular flexibility index (Phi) is 4.49. The third-order valence-corrected chi connectivity index (χ3v) is 2.12. The summed E-state index contributed by atoms with van der Waals surface area (Å²) in [6.07, 6.45) is -3.28. The number of allylic oxidation sites excluding steroid dienone is 1. The van der Waals surface area contributed by atoms with Gasteiger partial charge in [0.25, 0.3) is 0 Å². The minimum absolute atomic E-state index is 0.0897. The van der Waals surface area contributed by atoms with Gasteiger partial charge in [0.15, 0.2) is 5.78 Å². The van der Waals surface area contributed by atoms with Crippen LogP contribution in [0, 0.1) is 0 Å². The topological polar surface area (TPSA) is 52.3 Å². The molecule has 0 aliphatic heterocycles. The maximum absolute atomic E-state index is 12.3. The molecule has 0 bridgehead atoms. The Labute approximate surface area is 102 Å². The molecule has 1 aromatic carbocycles. The summed E-state index contributed by atoms with van der Waals surface area (Å²) >= 11 is 0. The van der Waals surface area contributed by atoms with Crippen LogP contribution in [-0.2, 0) is 10.9 Å². The number of hydrogen-bond acceptors (Lipinski definition) is 3. The molecule has 0 aromatic heterocycles. The van der Waals surface area contributed by atoms with Gasteiger partial charge in [-0.25, -0.2) is 0 Å². The maximum Gasteiger partial charge on any atom is 0.416 e. The van der Waals surface area contributed by atoms with Crippen molar-refractivity contribution in [2.75, 3.05) is 13.7 Å². The van der Waals surface area contributed by atoms with Gasteiger partial charge in [-0.1, -0.05) is 12.1 Å². The zero-order chi connectivity index (χ0) is 13.8. The standard InChI is InChI=1S/C12H12F3NO2/c1-18-7-10(16)6-11(17)8-2-4-9(5-3-8)12(13,14)15/h2-6H,7,16H2,1H3. The zero-order valence-corrected chi connectivity index (χ0v) is 9.62. The maximum atomic E-state index is 12.3. The van der Waals surface area contributed by atoms with Crippen molar-refractivity contribution in [2.45, 2.75) is 6.18 Å². The van der Waals surface area contributed by atoms with Crippen LogP contribution in [0.25, 0.3) is 0 Å². The molecule has 0 fully saturated rings. The first-order chi connectivity index (χ1) is 8.34. The number of carbonyl (C=O) groups excluding carboxylic acids is 1. The van der Waals surface area contributed by atoms with E-state index in [-0.39, 0.29) is 17.9 Å². The second kappa shape index (κ2) is 5.68. The lowest BCUT2D eigenvalue weighted by atomic mass is 10.1. The van der Waals surface area contributed by atoms with Crippen LogP contribution in [0.15, 0.2) is 36.0 Å². The van der Waals surface area contributed by atoms with Gasteiger partial charge in [0, 0.05) is 24.4 Å². The van der Waals surface area contributed by atoms with E-state index in [4.69, 9.17) is 10.5 Å². The molecule has 0 spiro atoms. The van der Waals surface area contributed by atoms with Crippen molar-refractivity contribution in [1.82, 2.24) is 0 Å². The van der Waals surface area contributed by atoms with Gasteiger partial charge in [-0.3, -0.25) is 4.79 Å². The molecule has 6 heteroatoms. The fourth-order valence-electron chi connectivity index (χ4n) is 1.28. The number of halogens is 3.